The van der Waals surface area contributed by atoms with Gasteiger partial charge < -0.3 is 10.1 Å². The number of carbonyl (C=O) groups is 2. The van der Waals surface area contributed by atoms with Crippen molar-refractivity contribution in [2.75, 3.05) is 0 Å². The summed E-state index contributed by atoms with van der Waals surface area (Å²) in [5.74, 6) is 2.91. The van der Waals surface area contributed by atoms with Gasteiger partial charge in [0.1, 0.15) is 5.75 Å². The molecule has 186 valence electrons. The number of amides is 1. The zero-order valence-electron chi connectivity index (χ0n) is 21.2. The van der Waals surface area contributed by atoms with Crippen LogP contribution in [-0.2, 0) is 16.1 Å². The van der Waals surface area contributed by atoms with E-state index in [1.807, 2.05) is 43.3 Å². The number of nitrogens with one attached hydrogen (secondary N) is 1. The van der Waals surface area contributed by atoms with Crippen molar-refractivity contribution in [3.05, 3.63) is 71.3 Å². The molecule has 4 rings (SSSR count). The molecular weight excluding hydrogens is 434 g/mol. The average molecular weight is 474 g/mol. The van der Waals surface area contributed by atoms with E-state index >= 15 is 0 Å². The van der Waals surface area contributed by atoms with Crippen LogP contribution in [0.15, 0.2) is 54.6 Å². The molecule has 2 aromatic carbocycles. The maximum Gasteiger partial charge on any atom is 0.314 e. The minimum absolute atomic E-state index is 0.0190. The molecule has 2 aromatic rings. The van der Waals surface area contributed by atoms with Crippen molar-refractivity contribution in [1.29, 1.82) is 0 Å². The van der Waals surface area contributed by atoms with Crippen LogP contribution in [0.25, 0.3) is 6.08 Å². The second-order valence-corrected chi connectivity index (χ2v) is 10.7. The molecule has 0 heterocycles. The number of ether oxygens (including phenoxy) is 1. The Bertz CT molecular complexity index is 993. The molecule has 0 bridgehead atoms. The summed E-state index contributed by atoms with van der Waals surface area (Å²) in [5.41, 5.74) is 3.16. The largest absolute Gasteiger partial charge is 0.426 e. The zero-order chi connectivity index (χ0) is 24.6. The molecule has 1 amide bonds. The molecule has 0 saturated heterocycles. The van der Waals surface area contributed by atoms with E-state index in [1.54, 1.807) is 18.2 Å². The third kappa shape index (κ3) is 7.55. The highest BCUT2D eigenvalue weighted by molar-refractivity contribution is 5.91. The minimum Gasteiger partial charge on any atom is -0.426 e. The van der Waals surface area contributed by atoms with Crippen molar-refractivity contribution < 1.29 is 14.3 Å². The van der Waals surface area contributed by atoms with Gasteiger partial charge in [0.25, 0.3) is 0 Å². The molecule has 4 heteroatoms. The normalized spacial score (nSPS) is 24.7. The van der Waals surface area contributed by atoms with Crippen LogP contribution in [0.3, 0.4) is 0 Å². The second-order valence-electron chi connectivity index (χ2n) is 10.7. The van der Waals surface area contributed by atoms with Gasteiger partial charge in [-0.3, -0.25) is 9.59 Å². The number of hydrogen-bond donors (Lipinski definition) is 1. The number of aryl methyl sites for hydroxylation is 1. The molecular formula is C31H39NO3. The van der Waals surface area contributed by atoms with Crippen LogP contribution < -0.4 is 10.1 Å². The molecule has 0 aliphatic heterocycles. The Morgan fingerprint density at radius 1 is 0.857 bits per heavy atom. The fourth-order valence-corrected chi connectivity index (χ4v) is 5.56. The predicted octanol–water partition coefficient (Wildman–Crippen LogP) is 6.86. The summed E-state index contributed by atoms with van der Waals surface area (Å²) in [5, 5.41) is 2.89. The van der Waals surface area contributed by atoms with E-state index in [0.717, 1.165) is 54.6 Å². The van der Waals surface area contributed by atoms with Crippen LogP contribution in [0, 0.1) is 30.6 Å². The number of carbonyl (C=O) groups excluding carboxylic acids is 2. The molecule has 4 nitrogen and oxygen atoms in total. The monoisotopic (exact) mass is 473 g/mol. The lowest BCUT2D eigenvalue weighted by Gasteiger charge is -2.36. The first-order chi connectivity index (χ1) is 17.0. The van der Waals surface area contributed by atoms with E-state index in [0.29, 0.717) is 12.3 Å². The van der Waals surface area contributed by atoms with Crippen LogP contribution in [-0.4, -0.2) is 11.9 Å². The summed E-state index contributed by atoms with van der Waals surface area (Å²) >= 11 is 0. The molecule has 2 fully saturated rings. The van der Waals surface area contributed by atoms with Gasteiger partial charge in [-0.2, -0.15) is 0 Å². The van der Waals surface area contributed by atoms with Crippen LogP contribution in [0.4, 0.5) is 0 Å². The Balaban J connectivity index is 1.19. The summed E-state index contributed by atoms with van der Waals surface area (Å²) < 4.78 is 5.68. The smallest absolute Gasteiger partial charge is 0.314 e. The summed E-state index contributed by atoms with van der Waals surface area (Å²) in [7, 11) is 0. The average Bonchev–Trinajstić information content (AvgIpc) is 2.88. The van der Waals surface area contributed by atoms with E-state index in [9.17, 15) is 9.59 Å². The highest BCUT2D eigenvalue weighted by Crippen LogP contribution is 2.41. The fourth-order valence-electron chi connectivity index (χ4n) is 5.56. The van der Waals surface area contributed by atoms with Gasteiger partial charge in [0, 0.05) is 12.6 Å². The van der Waals surface area contributed by atoms with Crippen LogP contribution in [0.1, 0.15) is 75.0 Å². The first-order valence-corrected chi connectivity index (χ1v) is 13.3. The Labute approximate surface area is 210 Å². The van der Waals surface area contributed by atoms with Gasteiger partial charge in [0.2, 0.25) is 5.91 Å². The molecule has 2 saturated carbocycles. The number of hydrogen-bond acceptors (Lipinski definition) is 3. The van der Waals surface area contributed by atoms with Gasteiger partial charge in [-0.05, 0) is 92.5 Å². The number of rotatable bonds is 7. The Hall–Kier alpha value is -2.88. The van der Waals surface area contributed by atoms with Crippen molar-refractivity contribution in [1.82, 2.24) is 5.32 Å². The van der Waals surface area contributed by atoms with Gasteiger partial charge in [0.05, 0.1) is 5.92 Å². The van der Waals surface area contributed by atoms with E-state index in [1.165, 1.54) is 37.3 Å². The fraction of sp³-hybridized carbons (Fsp3) is 0.484. The van der Waals surface area contributed by atoms with Crippen molar-refractivity contribution in [2.45, 2.75) is 71.8 Å². The van der Waals surface area contributed by atoms with Crippen molar-refractivity contribution in [3.8, 4) is 5.75 Å². The van der Waals surface area contributed by atoms with Gasteiger partial charge >= 0.3 is 5.97 Å². The molecule has 0 radical (unpaired) electrons. The first kappa shape index (κ1) is 25.2. The van der Waals surface area contributed by atoms with Gasteiger partial charge in [0.15, 0.2) is 0 Å². The Morgan fingerprint density at radius 2 is 1.46 bits per heavy atom. The lowest BCUT2D eigenvalue weighted by atomic mass is 9.69. The first-order valence-electron chi connectivity index (χ1n) is 13.3. The third-order valence-corrected chi connectivity index (χ3v) is 7.95. The maximum atomic E-state index is 12.7. The molecule has 0 unspecified atom stereocenters. The number of benzene rings is 2. The summed E-state index contributed by atoms with van der Waals surface area (Å²) in [6.07, 6.45) is 13.0. The van der Waals surface area contributed by atoms with E-state index in [-0.39, 0.29) is 17.8 Å². The molecule has 35 heavy (non-hydrogen) atoms. The maximum absolute atomic E-state index is 12.7. The summed E-state index contributed by atoms with van der Waals surface area (Å²) in [6, 6.07) is 15.4. The molecule has 0 atom stereocenters. The minimum atomic E-state index is -0.139. The zero-order valence-corrected chi connectivity index (χ0v) is 21.2. The molecule has 2 aliphatic carbocycles. The second kappa shape index (κ2) is 12.2. The van der Waals surface area contributed by atoms with Gasteiger partial charge in [-0.1, -0.05) is 61.7 Å². The molecule has 0 aromatic heterocycles. The lowest BCUT2D eigenvalue weighted by Crippen LogP contribution is -2.29. The molecule has 1 N–H and O–H groups in total. The van der Waals surface area contributed by atoms with E-state index < -0.39 is 0 Å². The number of esters is 1. The quantitative estimate of drug-likeness (QED) is 0.271. The van der Waals surface area contributed by atoms with Crippen molar-refractivity contribution in [3.63, 3.8) is 0 Å². The highest BCUT2D eigenvalue weighted by Gasteiger charge is 2.33. The summed E-state index contributed by atoms with van der Waals surface area (Å²) in [6.45, 7) is 4.91. The standard InChI is InChI=1S/C31H39NO3/c1-22-3-7-25(8-4-22)21-32-30(33)20-11-24-9-18-29(19-10-24)35-31(34)28-16-14-27(15-17-28)26-12-5-23(2)6-13-26/h3-4,7-11,18-20,23,26-28H,5-6,12-17,21H2,1-2H3,(H,32,33)/b20-11+. The molecule has 0 spiro atoms. The third-order valence-electron chi connectivity index (χ3n) is 7.95. The van der Waals surface area contributed by atoms with Crippen LogP contribution in [0.2, 0.25) is 0 Å². The van der Waals surface area contributed by atoms with Gasteiger partial charge in [-0.25, -0.2) is 0 Å². The Kier molecular flexibility index (Phi) is 8.79. The SMILES string of the molecule is Cc1ccc(CNC(=O)/C=C/c2ccc(OC(=O)C3CCC(C4CCC(C)CC4)CC3)cc2)cc1. The van der Waals surface area contributed by atoms with Crippen molar-refractivity contribution in [2.24, 2.45) is 23.7 Å². The van der Waals surface area contributed by atoms with Crippen LogP contribution >= 0.6 is 0 Å². The lowest BCUT2D eigenvalue weighted by molar-refractivity contribution is -0.140. The van der Waals surface area contributed by atoms with Crippen molar-refractivity contribution >= 4 is 18.0 Å². The van der Waals surface area contributed by atoms with Gasteiger partial charge in [-0.15, -0.1) is 0 Å². The predicted molar refractivity (Wildman–Crippen MR) is 141 cm³/mol. The van der Waals surface area contributed by atoms with Crippen LogP contribution in [0.5, 0.6) is 5.75 Å². The highest BCUT2D eigenvalue weighted by atomic mass is 16.5. The summed E-state index contributed by atoms with van der Waals surface area (Å²) in [4.78, 5) is 24.8. The molecule has 2 aliphatic rings. The topological polar surface area (TPSA) is 55.4 Å². The van der Waals surface area contributed by atoms with E-state index in [2.05, 4.69) is 12.2 Å². The van der Waals surface area contributed by atoms with E-state index in [4.69, 9.17) is 4.74 Å². The Morgan fingerprint density at radius 3 is 2.09 bits per heavy atom.